The second-order valence-corrected chi connectivity index (χ2v) is 17.5. The van der Waals surface area contributed by atoms with Crippen molar-refractivity contribution in [1.82, 2.24) is 8.61 Å². The van der Waals surface area contributed by atoms with E-state index in [0.717, 1.165) is 36.8 Å². The summed E-state index contributed by atoms with van der Waals surface area (Å²) < 4.78 is 65.7. The van der Waals surface area contributed by atoms with Gasteiger partial charge in [0.2, 0.25) is 20.0 Å². The Balaban J connectivity index is 0.979. The van der Waals surface area contributed by atoms with Crippen molar-refractivity contribution >= 4 is 43.2 Å². The molecular weight excluding hydrogens is 717 g/mol. The fourth-order valence-corrected chi connectivity index (χ4v) is 8.72. The maximum atomic E-state index is 13.0. The highest BCUT2D eigenvalue weighted by Crippen LogP contribution is 2.23. The number of likely N-dealkylation sites (N-methyl/N-ethyl adjacent to an activating group) is 2. The van der Waals surface area contributed by atoms with Gasteiger partial charge in [-0.2, -0.15) is 8.61 Å². The van der Waals surface area contributed by atoms with E-state index in [9.17, 15) is 26.4 Å². The molecule has 0 bridgehead atoms. The van der Waals surface area contributed by atoms with Gasteiger partial charge >= 0.3 is 0 Å². The van der Waals surface area contributed by atoms with E-state index < -0.39 is 20.0 Å². The number of hydrogen-bond acceptors (Lipinski definition) is 8. The zero-order valence-corrected chi connectivity index (χ0v) is 31.4. The average molecular weight is 761 g/mol. The van der Waals surface area contributed by atoms with Gasteiger partial charge in [0.15, 0.2) is 0 Å². The van der Waals surface area contributed by atoms with E-state index in [2.05, 4.69) is 10.6 Å². The number of sulfonamides is 2. The van der Waals surface area contributed by atoms with Crippen molar-refractivity contribution in [2.24, 2.45) is 0 Å². The zero-order valence-electron chi connectivity index (χ0n) is 29.7. The van der Waals surface area contributed by atoms with E-state index in [1.54, 1.807) is 24.3 Å². The summed E-state index contributed by atoms with van der Waals surface area (Å²) in [6.45, 7) is 1.87. The third kappa shape index (κ3) is 9.57. The van der Waals surface area contributed by atoms with E-state index in [0.29, 0.717) is 42.1 Å². The summed E-state index contributed by atoms with van der Waals surface area (Å²) in [5.74, 6) is -0.712. The molecule has 2 fully saturated rings. The molecule has 0 radical (unpaired) electrons. The van der Waals surface area contributed by atoms with Gasteiger partial charge in [0.05, 0.1) is 22.0 Å². The molecule has 0 spiro atoms. The van der Waals surface area contributed by atoms with Crippen LogP contribution in [0, 0.1) is 0 Å². The van der Waals surface area contributed by atoms with Crippen LogP contribution in [-0.2, 0) is 35.9 Å². The Morgan fingerprint density at radius 1 is 0.585 bits per heavy atom. The van der Waals surface area contributed by atoms with Crippen LogP contribution in [0.5, 0.6) is 0 Å². The van der Waals surface area contributed by atoms with Crippen LogP contribution in [0.1, 0.15) is 57.5 Å². The first kappa shape index (κ1) is 38.3. The largest absolute Gasteiger partial charge is 0.377 e. The maximum absolute atomic E-state index is 13.0. The number of hydrogen-bond donors (Lipinski definition) is 2. The number of benzene rings is 4. The van der Waals surface area contributed by atoms with Gasteiger partial charge in [0, 0.05) is 62.9 Å². The van der Waals surface area contributed by atoms with E-state index in [-0.39, 0.29) is 46.9 Å². The number of nitrogens with one attached hydrogen (secondary N) is 2. The lowest BCUT2D eigenvalue weighted by Gasteiger charge is -2.20. The minimum atomic E-state index is -3.71. The van der Waals surface area contributed by atoms with Gasteiger partial charge in [0.1, 0.15) is 0 Å². The quantitative estimate of drug-likeness (QED) is 0.174. The van der Waals surface area contributed by atoms with Gasteiger partial charge in [-0.25, -0.2) is 16.8 Å². The van der Waals surface area contributed by atoms with Gasteiger partial charge < -0.3 is 20.1 Å². The summed E-state index contributed by atoms with van der Waals surface area (Å²) in [7, 11) is -4.35. The molecule has 2 atom stereocenters. The number of ether oxygens (including phenoxy) is 2. The van der Waals surface area contributed by atoms with Crippen molar-refractivity contribution < 1.29 is 35.9 Å². The predicted molar refractivity (Wildman–Crippen MR) is 202 cm³/mol. The van der Waals surface area contributed by atoms with E-state index >= 15 is 0 Å². The molecule has 2 aliphatic rings. The van der Waals surface area contributed by atoms with Gasteiger partial charge in [-0.15, -0.1) is 0 Å². The molecule has 53 heavy (non-hydrogen) atoms. The summed E-state index contributed by atoms with van der Waals surface area (Å²) in [4.78, 5) is 26.0. The Morgan fingerprint density at radius 2 is 0.943 bits per heavy atom. The summed E-state index contributed by atoms with van der Waals surface area (Å²) in [6.07, 6.45) is 3.94. The Hall–Kier alpha value is -4.44. The van der Waals surface area contributed by atoms with E-state index in [1.807, 2.05) is 24.3 Å². The zero-order chi connectivity index (χ0) is 37.6. The van der Waals surface area contributed by atoms with Crippen molar-refractivity contribution in [1.29, 1.82) is 0 Å². The van der Waals surface area contributed by atoms with Gasteiger partial charge in [-0.3, -0.25) is 9.59 Å². The first-order valence-corrected chi connectivity index (χ1v) is 20.4. The lowest BCUT2D eigenvalue weighted by molar-refractivity contribution is 0.0978. The van der Waals surface area contributed by atoms with Crippen molar-refractivity contribution in [2.45, 2.75) is 54.1 Å². The molecule has 280 valence electrons. The average Bonchev–Trinajstić information content (AvgIpc) is 3.88. The van der Waals surface area contributed by atoms with Crippen molar-refractivity contribution in [3.63, 3.8) is 0 Å². The fraction of sp³-hybridized carbons (Fsp3) is 0.333. The molecule has 14 heteroatoms. The van der Waals surface area contributed by atoms with Gasteiger partial charge in [-0.1, -0.05) is 24.3 Å². The molecule has 2 aliphatic heterocycles. The molecule has 0 saturated carbocycles. The number of rotatable bonds is 14. The van der Waals surface area contributed by atoms with Crippen LogP contribution in [-0.4, -0.2) is 89.9 Å². The second kappa shape index (κ2) is 16.7. The monoisotopic (exact) mass is 760 g/mol. The topological polar surface area (TPSA) is 151 Å². The number of nitrogens with zero attached hydrogens (tertiary/aromatic N) is 2. The molecule has 2 heterocycles. The number of amides is 2. The number of carbonyl (C=O) groups excluding carboxylic acids is 2. The predicted octanol–water partition coefficient (Wildman–Crippen LogP) is 5.38. The van der Waals surface area contributed by atoms with E-state index in [4.69, 9.17) is 9.47 Å². The Morgan fingerprint density at radius 3 is 1.26 bits per heavy atom. The molecule has 2 saturated heterocycles. The summed E-state index contributed by atoms with van der Waals surface area (Å²) in [6, 6.07) is 26.6. The highest BCUT2D eigenvalue weighted by molar-refractivity contribution is 7.89. The molecule has 12 nitrogen and oxygen atoms in total. The fourth-order valence-electron chi connectivity index (χ4n) is 6.32. The van der Waals surface area contributed by atoms with Crippen LogP contribution in [0.15, 0.2) is 107 Å². The highest BCUT2D eigenvalue weighted by atomic mass is 32.2. The minimum Gasteiger partial charge on any atom is -0.377 e. The molecule has 0 aliphatic carbocycles. The highest BCUT2D eigenvalue weighted by Gasteiger charge is 2.27. The molecule has 4 aromatic carbocycles. The second-order valence-electron chi connectivity index (χ2n) is 13.4. The smallest absolute Gasteiger partial charge is 0.255 e. The third-order valence-electron chi connectivity index (χ3n) is 9.45. The van der Waals surface area contributed by atoms with Crippen molar-refractivity contribution in [2.75, 3.05) is 51.0 Å². The third-order valence-corrected chi connectivity index (χ3v) is 13.1. The maximum Gasteiger partial charge on any atom is 0.255 e. The van der Waals surface area contributed by atoms with Gasteiger partial charge in [0.25, 0.3) is 11.8 Å². The Labute approximate surface area is 311 Å². The van der Waals surface area contributed by atoms with Crippen LogP contribution in [0.2, 0.25) is 0 Å². The Kier molecular flexibility index (Phi) is 12.1. The number of carbonyl (C=O) groups is 2. The Bertz CT molecular complexity index is 1940. The summed E-state index contributed by atoms with van der Waals surface area (Å²) >= 11 is 0. The first-order valence-electron chi connectivity index (χ1n) is 17.5. The molecule has 6 rings (SSSR count). The standard InChI is InChI=1S/C39H44N4O8S2/c1-42(26-34-5-3-23-50-34)52(46,47)36-19-11-30(12-20-36)38(44)40-32-15-7-28(8-16-32)25-29-9-17-33(18-10-29)41-39(45)31-13-21-37(22-14-31)53(48,49)43(2)27-35-6-4-24-51-35/h7-22,34-35H,3-6,23-27H2,1-2H3,(H,40,44)(H,41,45). The molecule has 4 aromatic rings. The molecular formula is C39H44N4O8S2. The molecule has 2 N–H and O–H groups in total. The molecule has 0 aromatic heterocycles. The lowest BCUT2D eigenvalue weighted by atomic mass is 10.0. The molecule has 2 amide bonds. The normalized spacial score (nSPS) is 17.7. The summed E-state index contributed by atoms with van der Waals surface area (Å²) in [5, 5.41) is 5.71. The summed E-state index contributed by atoms with van der Waals surface area (Å²) in [5.41, 5.74) is 3.89. The van der Waals surface area contributed by atoms with E-state index in [1.165, 1.54) is 71.2 Å². The van der Waals surface area contributed by atoms with Crippen LogP contribution in [0.3, 0.4) is 0 Å². The first-order chi connectivity index (χ1) is 25.4. The SMILES string of the molecule is CN(CC1CCCO1)S(=O)(=O)c1ccc(C(=O)Nc2ccc(Cc3ccc(NC(=O)c4ccc(S(=O)(=O)N(C)CC5CCCO5)cc4)cc3)cc2)cc1. The van der Waals surface area contributed by atoms with Gasteiger partial charge in [-0.05, 0) is 116 Å². The minimum absolute atomic E-state index is 0.102. The van der Waals surface area contributed by atoms with Crippen LogP contribution < -0.4 is 10.6 Å². The van der Waals surface area contributed by atoms with Crippen molar-refractivity contribution in [3.05, 3.63) is 119 Å². The van der Waals surface area contributed by atoms with Crippen LogP contribution >= 0.6 is 0 Å². The van der Waals surface area contributed by atoms with Crippen LogP contribution in [0.4, 0.5) is 11.4 Å². The van der Waals surface area contributed by atoms with Crippen molar-refractivity contribution in [3.8, 4) is 0 Å². The number of anilines is 2. The molecule has 2 unspecified atom stereocenters. The lowest BCUT2D eigenvalue weighted by Crippen LogP contribution is -2.34. The van der Waals surface area contributed by atoms with Crippen LogP contribution in [0.25, 0.3) is 0 Å².